The Bertz CT molecular complexity index is 1970. The third-order valence-corrected chi connectivity index (χ3v) is 14.4. The topological polar surface area (TPSA) is 310 Å². The first-order valence-electron chi connectivity index (χ1n) is 27.0. The molecule has 19 atom stereocenters. The van der Waals surface area contributed by atoms with Gasteiger partial charge in [0.1, 0.15) is 24.2 Å². The summed E-state index contributed by atoms with van der Waals surface area (Å²) in [6.07, 6.45) is 2.93. The van der Waals surface area contributed by atoms with E-state index in [4.69, 9.17) is 35.9 Å². The quantitative estimate of drug-likeness (QED) is 0.122. The van der Waals surface area contributed by atoms with Crippen molar-refractivity contribution in [3.63, 3.8) is 0 Å². The summed E-state index contributed by atoms with van der Waals surface area (Å²) in [5.74, 6) is -6.02. The number of hydrogen-bond donors (Lipinski definition) is 12. The van der Waals surface area contributed by atoms with Crippen LogP contribution in [0.3, 0.4) is 0 Å². The van der Waals surface area contributed by atoms with Crippen molar-refractivity contribution in [2.45, 2.75) is 203 Å². The number of methoxy groups -OCH3 is 1. The lowest BCUT2D eigenvalue weighted by Crippen LogP contribution is -2.65. The fourth-order valence-electron chi connectivity index (χ4n) is 9.81. The Hall–Kier alpha value is -3.49. The molecule has 3 heterocycles. The predicted octanol–water partition coefficient (Wildman–Crippen LogP) is 2.12. The van der Waals surface area contributed by atoms with Crippen LogP contribution >= 0.6 is 12.2 Å². The smallest absolute Gasteiger partial charge is 0.313 e. The van der Waals surface area contributed by atoms with Crippen LogP contribution in [0.5, 0.6) is 0 Å². The van der Waals surface area contributed by atoms with Crippen LogP contribution in [0, 0.1) is 23.2 Å². The Morgan fingerprint density at radius 3 is 2.01 bits per heavy atom. The minimum atomic E-state index is -2.33. The molecule has 2 saturated heterocycles. The standard InChI is InChI=1S/C56H93N3O17S/c1-34-22-20-18-16-14-12-10-11-13-15-17-19-21-23-41(75-53-51(69)48(50(68)37(4)74-53)58-54(77)57-32-55(5,6)33-59(7)8)29-45-47(52(70)72-9)44(65)31-56(71,76-45)30-43(64)42(63)25-24-38(60)26-39(61)27-40(62)28-46(66)73-36(3)35(2)49(34)67/h10-11,13,15-23,34-45,47-51,53,60-65,67-69,71H,12,14,24-33H2,1-9H3,(H2,57,58,77)/b11-10+,15-13+,18-16+,19-17+,22-20+,23-21+/t34-,35-,36-,37+,38+,39+,40+,41-,42+,43+,44-,45-,47+,48-,49+,50+,51-,53+,56+/m0/s1. The van der Waals surface area contributed by atoms with Gasteiger partial charge in [0.25, 0.3) is 0 Å². The molecule has 12 N–H and O–H groups in total. The molecule has 77 heavy (non-hydrogen) atoms. The molecule has 3 aliphatic heterocycles. The zero-order valence-electron chi connectivity index (χ0n) is 46.5. The molecule has 0 amide bonds. The lowest BCUT2D eigenvalue weighted by atomic mass is 9.82. The highest BCUT2D eigenvalue weighted by Crippen LogP contribution is 2.39. The minimum Gasteiger partial charge on any atom is -0.469 e. The number of aliphatic hydroxyl groups is 10. The summed E-state index contributed by atoms with van der Waals surface area (Å²) in [6.45, 7) is 12.2. The number of nitrogens with one attached hydrogen (secondary N) is 2. The monoisotopic (exact) mass is 1110 g/mol. The number of allylic oxidation sites excluding steroid dienone is 10. The van der Waals surface area contributed by atoms with Crippen molar-refractivity contribution in [2.75, 3.05) is 34.3 Å². The Labute approximate surface area is 461 Å². The lowest BCUT2D eigenvalue weighted by molar-refractivity contribution is -0.310. The van der Waals surface area contributed by atoms with Crippen LogP contribution in [0.4, 0.5) is 0 Å². The maximum atomic E-state index is 13.3. The summed E-state index contributed by atoms with van der Waals surface area (Å²) in [7, 11) is 5.06. The first-order valence-corrected chi connectivity index (χ1v) is 27.4. The van der Waals surface area contributed by atoms with E-state index in [1.807, 2.05) is 63.6 Å². The average Bonchev–Trinajstić information content (AvgIpc) is 3.33. The third-order valence-electron chi connectivity index (χ3n) is 14.1. The summed E-state index contributed by atoms with van der Waals surface area (Å²) in [6, 6.07) is -1.07. The molecule has 0 unspecified atom stereocenters. The molecule has 2 bridgehead atoms. The molecule has 20 nitrogen and oxygen atoms in total. The van der Waals surface area contributed by atoms with Crippen molar-refractivity contribution in [3.05, 3.63) is 72.9 Å². The maximum absolute atomic E-state index is 13.3. The van der Waals surface area contributed by atoms with Gasteiger partial charge < -0.3 is 90.3 Å². The Morgan fingerprint density at radius 2 is 1.36 bits per heavy atom. The number of cyclic esters (lactones) is 1. The van der Waals surface area contributed by atoms with Gasteiger partial charge in [-0.15, -0.1) is 0 Å². The van der Waals surface area contributed by atoms with E-state index in [1.54, 1.807) is 51.2 Å². The second kappa shape index (κ2) is 33.3. The van der Waals surface area contributed by atoms with Gasteiger partial charge in [0.15, 0.2) is 17.2 Å². The van der Waals surface area contributed by atoms with Crippen LogP contribution < -0.4 is 10.6 Å². The fraction of sp³-hybridized carbons (Fsp3) is 0.732. The van der Waals surface area contributed by atoms with Crippen LogP contribution in [0.1, 0.15) is 106 Å². The van der Waals surface area contributed by atoms with E-state index >= 15 is 0 Å². The number of aliphatic hydroxyl groups excluding tert-OH is 9. The van der Waals surface area contributed by atoms with Crippen molar-refractivity contribution in [3.8, 4) is 0 Å². The molecule has 0 aliphatic carbocycles. The highest BCUT2D eigenvalue weighted by Gasteiger charge is 2.52. The molecule has 440 valence electrons. The van der Waals surface area contributed by atoms with Gasteiger partial charge in [-0.2, -0.15) is 0 Å². The van der Waals surface area contributed by atoms with E-state index in [9.17, 15) is 60.7 Å². The first kappa shape index (κ1) is 67.8. The molecular weight excluding hydrogens is 1020 g/mol. The van der Waals surface area contributed by atoms with Crippen LogP contribution in [-0.4, -0.2) is 205 Å². The van der Waals surface area contributed by atoms with Gasteiger partial charge in [-0.05, 0) is 84.1 Å². The average molecular weight is 1110 g/mol. The number of rotatable bonds is 8. The van der Waals surface area contributed by atoms with E-state index < -0.39 is 141 Å². The van der Waals surface area contributed by atoms with Crippen molar-refractivity contribution >= 4 is 29.3 Å². The summed E-state index contributed by atoms with van der Waals surface area (Å²) in [5, 5.41) is 118. The van der Waals surface area contributed by atoms with E-state index in [1.165, 1.54) is 0 Å². The van der Waals surface area contributed by atoms with Crippen molar-refractivity contribution in [1.82, 2.24) is 15.5 Å². The molecule has 21 heteroatoms. The highest BCUT2D eigenvalue weighted by atomic mass is 32.1. The number of hydrogen-bond acceptors (Lipinski definition) is 19. The van der Waals surface area contributed by atoms with Gasteiger partial charge in [-0.3, -0.25) is 9.59 Å². The van der Waals surface area contributed by atoms with Gasteiger partial charge in [0.05, 0.1) is 80.6 Å². The van der Waals surface area contributed by atoms with Gasteiger partial charge in [-0.1, -0.05) is 101 Å². The van der Waals surface area contributed by atoms with Crippen molar-refractivity contribution in [2.24, 2.45) is 23.2 Å². The van der Waals surface area contributed by atoms with Crippen molar-refractivity contribution in [1.29, 1.82) is 0 Å². The summed E-state index contributed by atoms with van der Waals surface area (Å²) in [4.78, 5) is 28.1. The SMILES string of the molecule is COC(=O)[C@H]1[C@@H]2C[C@@H](O[C@H]3O[C@H](C)[C@@H](O)[C@H](NC(=S)NCC(C)(C)CN(C)C)[C@@H]3O)/C=C/C=C/C=C/C=C/CC/C=C/C=C/[C@H](C)[C@@H](O)[C@@H](C)[C@H](C)OC(=O)C[C@H](O)C[C@H](O)C[C@H](O)CC[C@@H](O)[C@H](O)C[C@](O)(C[C@@H]1O)O2. The van der Waals surface area contributed by atoms with E-state index in [0.717, 1.165) is 26.5 Å². The Balaban J connectivity index is 1.92. The molecule has 0 saturated carbocycles. The summed E-state index contributed by atoms with van der Waals surface area (Å²) in [5.41, 5.74) is -0.185. The zero-order chi connectivity index (χ0) is 57.6. The van der Waals surface area contributed by atoms with E-state index in [-0.39, 0.29) is 48.5 Å². The van der Waals surface area contributed by atoms with Crippen molar-refractivity contribution < 1.29 is 84.3 Å². The van der Waals surface area contributed by atoms with Crippen LogP contribution in [0.15, 0.2) is 72.9 Å². The predicted molar refractivity (Wildman–Crippen MR) is 293 cm³/mol. The minimum absolute atomic E-state index is 0.130. The number of nitrogens with zero attached hydrogens (tertiary/aromatic N) is 1. The second-order valence-corrected chi connectivity index (χ2v) is 22.6. The molecule has 0 spiro atoms. The number of esters is 2. The van der Waals surface area contributed by atoms with Gasteiger partial charge in [0.2, 0.25) is 0 Å². The van der Waals surface area contributed by atoms with Crippen LogP contribution in [-0.2, 0) is 33.3 Å². The van der Waals surface area contributed by atoms with E-state index in [2.05, 4.69) is 29.4 Å². The molecule has 0 radical (unpaired) electrons. The first-order chi connectivity index (χ1) is 36.1. The molecule has 0 aromatic heterocycles. The number of carbonyl (C=O) groups excluding carboxylic acids is 2. The molecule has 3 aliphatic rings. The van der Waals surface area contributed by atoms with Crippen LogP contribution in [0.2, 0.25) is 0 Å². The van der Waals surface area contributed by atoms with E-state index in [0.29, 0.717) is 6.54 Å². The maximum Gasteiger partial charge on any atom is 0.313 e. The largest absolute Gasteiger partial charge is 0.469 e. The molecule has 2 fully saturated rings. The van der Waals surface area contributed by atoms with Gasteiger partial charge in [0, 0.05) is 44.2 Å². The fourth-order valence-corrected chi connectivity index (χ4v) is 10.0. The highest BCUT2D eigenvalue weighted by molar-refractivity contribution is 7.80. The summed E-state index contributed by atoms with van der Waals surface area (Å²) < 4.78 is 29.2. The van der Waals surface area contributed by atoms with Crippen LogP contribution in [0.25, 0.3) is 0 Å². The number of ether oxygens (including phenoxy) is 5. The third kappa shape index (κ3) is 24.0. The van der Waals surface area contributed by atoms with Gasteiger partial charge >= 0.3 is 11.9 Å². The summed E-state index contributed by atoms with van der Waals surface area (Å²) >= 11 is 5.59. The molecule has 3 rings (SSSR count). The number of fused-ring (bicyclic) bond motifs is 2. The Kier molecular flexibility index (Phi) is 29.3. The lowest BCUT2D eigenvalue weighted by Gasteiger charge is -2.46. The second-order valence-electron chi connectivity index (χ2n) is 22.2. The molecule has 0 aromatic carbocycles. The number of thiocarbonyl (C=S) groups is 1. The molecule has 0 aromatic rings. The van der Waals surface area contributed by atoms with Gasteiger partial charge in [-0.25, -0.2) is 0 Å². The zero-order valence-corrected chi connectivity index (χ0v) is 47.3. The molecular formula is C56H93N3O17S. The normalized spacial score (nSPS) is 40.2. The number of carbonyl (C=O) groups is 2. The Morgan fingerprint density at radius 1 is 0.766 bits per heavy atom.